The van der Waals surface area contributed by atoms with Gasteiger partial charge in [0.15, 0.2) is 6.29 Å². The van der Waals surface area contributed by atoms with Crippen molar-refractivity contribution < 1.29 is 9.53 Å². The van der Waals surface area contributed by atoms with E-state index in [1.54, 1.807) is 7.11 Å². The molecule has 0 N–H and O–H groups in total. The van der Waals surface area contributed by atoms with Crippen molar-refractivity contribution in [2.45, 2.75) is 0 Å². The third-order valence-corrected chi connectivity index (χ3v) is 4.21. The monoisotopic (exact) mass is 286 g/mol. The summed E-state index contributed by atoms with van der Waals surface area (Å²) in [4.78, 5) is 11.6. The molecule has 0 bridgehead atoms. The van der Waals surface area contributed by atoms with Crippen LogP contribution >= 0.6 is 0 Å². The van der Waals surface area contributed by atoms with Crippen molar-refractivity contribution in [1.29, 1.82) is 0 Å². The Bertz CT molecular complexity index is 1030. The van der Waals surface area contributed by atoms with Gasteiger partial charge in [-0.3, -0.25) is 4.79 Å². The number of ether oxygens (including phenoxy) is 1. The Kier molecular flexibility index (Phi) is 2.83. The normalized spacial score (nSPS) is 11.1. The van der Waals surface area contributed by atoms with E-state index in [1.165, 1.54) is 0 Å². The molecule has 0 atom stereocenters. The molecule has 106 valence electrons. The number of fused-ring (bicyclic) bond motifs is 5. The summed E-state index contributed by atoms with van der Waals surface area (Å²) in [6, 6.07) is 20.3. The fraction of sp³-hybridized carbons (Fsp3) is 0.0500. The molecule has 2 heteroatoms. The second-order valence-corrected chi connectivity index (χ2v) is 5.38. The van der Waals surface area contributed by atoms with Gasteiger partial charge < -0.3 is 4.74 Å². The molecule has 0 aliphatic carbocycles. The summed E-state index contributed by atoms with van der Waals surface area (Å²) in [6.45, 7) is 0. The lowest BCUT2D eigenvalue weighted by Gasteiger charge is -2.11. The molecule has 0 saturated carbocycles. The van der Waals surface area contributed by atoms with Gasteiger partial charge in [0, 0.05) is 10.9 Å². The van der Waals surface area contributed by atoms with Gasteiger partial charge in [-0.05, 0) is 45.1 Å². The molecule has 0 aliphatic rings. The summed E-state index contributed by atoms with van der Waals surface area (Å²) in [5.74, 6) is 0.796. The first-order valence-electron chi connectivity index (χ1n) is 7.19. The van der Waals surface area contributed by atoms with Crippen LogP contribution in [0.4, 0.5) is 0 Å². The topological polar surface area (TPSA) is 26.3 Å². The quantitative estimate of drug-likeness (QED) is 0.384. The summed E-state index contributed by atoms with van der Waals surface area (Å²) in [6.07, 6.45) is 0.938. The Morgan fingerprint density at radius 1 is 0.818 bits per heavy atom. The van der Waals surface area contributed by atoms with Crippen LogP contribution in [0.25, 0.3) is 32.3 Å². The first-order chi connectivity index (χ1) is 10.8. The number of hydrogen-bond acceptors (Lipinski definition) is 2. The van der Waals surface area contributed by atoms with Crippen molar-refractivity contribution in [1.82, 2.24) is 0 Å². The van der Waals surface area contributed by atoms with Crippen LogP contribution in [-0.2, 0) is 0 Å². The molecule has 0 fully saturated rings. The Balaban J connectivity index is 2.29. The average molecular weight is 286 g/mol. The van der Waals surface area contributed by atoms with E-state index in [-0.39, 0.29) is 0 Å². The summed E-state index contributed by atoms with van der Waals surface area (Å²) < 4.78 is 5.34. The Labute approximate surface area is 127 Å². The summed E-state index contributed by atoms with van der Waals surface area (Å²) in [5, 5.41) is 6.48. The maximum atomic E-state index is 11.6. The number of carbonyl (C=O) groups is 1. The highest BCUT2D eigenvalue weighted by molar-refractivity contribution is 6.22. The van der Waals surface area contributed by atoms with Gasteiger partial charge in [0.1, 0.15) is 5.75 Å². The zero-order chi connectivity index (χ0) is 15.1. The van der Waals surface area contributed by atoms with Gasteiger partial charge >= 0.3 is 0 Å². The molecule has 0 heterocycles. The molecule has 2 nitrogen and oxygen atoms in total. The van der Waals surface area contributed by atoms with Crippen molar-refractivity contribution in [3.63, 3.8) is 0 Å². The second-order valence-electron chi connectivity index (χ2n) is 5.38. The van der Waals surface area contributed by atoms with E-state index in [0.717, 1.165) is 44.4 Å². The fourth-order valence-corrected chi connectivity index (χ4v) is 3.16. The lowest BCUT2D eigenvalue weighted by molar-refractivity contribution is 0.112. The van der Waals surface area contributed by atoms with Crippen molar-refractivity contribution in [3.8, 4) is 5.75 Å². The van der Waals surface area contributed by atoms with Crippen molar-refractivity contribution in [2.24, 2.45) is 0 Å². The van der Waals surface area contributed by atoms with E-state index in [9.17, 15) is 4.79 Å². The van der Waals surface area contributed by atoms with Crippen LogP contribution in [0.2, 0.25) is 0 Å². The second kappa shape index (κ2) is 4.85. The van der Waals surface area contributed by atoms with E-state index >= 15 is 0 Å². The van der Waals surface area contributed by atoms with Crippen LogP contribution in [-0.4, -0.2) is 13.4 Å². The number of carbonyl (C=O) groups excluding carboxylic acids is 1. The van der Waals surface area contributed by atoms with Crippen LogP contribution in [0, 0.1) is 0 Å². The minimum Gasteiger partial charge on any atom is -0.497 e. The highest BCUT2D eigenvalue weighted by Crippen LogP contribution is 2.35. The van der Waals surface area contributed by atoms with Gasteiger partial charge in [-0.2, -0.15) is 0 Å². The third kappa shape index (κ3) is 1.77. The zero-order valence-electron chi connectivity index (χ0n) is 12.2. The van der Waals surface area contributed by atoms with Gasteiger partial charge in [-0.1, -0.05) is 42.5 Å². The maximum absolute atomic E-state index is 11.6. The van der Waals surface area contributed by atoms with Crippen molar-refractivity contribution in [3.05, 3.63) is 66.2 Å². The lowest BCUT2D eigenvalue weighted by Crippen LogP contribution is -1.89. The van der Waals surface area contributed by atoms with Crippen molar-refractivity contribution >= 4 is 38.6 Å². The van der Waals surface area contributed by atoms with E-state index in [4.69, 9.17) is 4.74 Å². The van der Waals surface area contributed by atoms with Crippen molar-refractivity contribution in [2.75, 3.05) is 7.11 Å². The van der Waals surface area contributed by atoms with Gasteiger partial charge in [-0.25, -0.2) is 0 Å². The van der Waals surface area contributed by atoms with Crippen LogP contribution in [0.3, 0.4) is 0 Å². The molecule has 4 aromatic carbocycles. The van der Waals surface area contributed by atoms with Crippen LogP contribution in [0.15, 0.2) is 60.7 Å². The van der Waals surface area contributed by atoms with Gasteiger partial charge in [0.05, 0.1) is 7.11 Å². The van der Waals surface area contributed by atoms with E-state index in [2.05, 4.69) is 18.2 Å². The van der Waals surface area contributed by atoms with Crippen LogP contribution in [0.5, 0.6) is 5.75 Å². The Morgan fingerprint density at radius 2 is 1.64 bits per heavy atom. The predicted molar refractivity (Wildman–Crippen MR) is 90.9 cm³/mol. The molecule has 0 unspecified atom stereocenters. The molecular weight excluding hydrogens is 272 g/mol. The number of rotatable bonds is 2. The number of aldehydes is 1. The zero-order valence-corrected chi connectivity index (χ0v) is 12.2. The third-order valence-electron chi connectivity index (χ3n) is 4.21. The highest BCUT2D eigenvalue weighted by Gasteiger charge is 2.10. The summed E-state index contributed by atoms with van der Waals surface area (Å²) in [5.41, 5.74) is 0.715. The standard InChI is InChI=1S/C20H14O2/c1-22-16-8-6-13-7-9-18-17-5-3-2-4-14(17)10-15(12-21)20(18)19(13)11-16/h2-12H,1H3. The highest BCUT2D eigenvalue weighted by atomic mass is 16.5. The number of benzene rings is 4. The summed E-state index contributed by atoms with van der Waals surface area (Å²) in [7, 11) is 1.66. The van der Waals surface area contributed by atoms with Gasteiger partial charge in [0.25, 0.3) is 0 Å². The molecule has 22 heavy (non-hydrogen) atoms. The molecule has 0 spiro atoms. The molecule has 4 aromatic rings. The van der Waals surface area contributed by atoms with Gasteiger partial charge in [0.2, 0.25) is 0 Å². The first kappa shape index (κ1) is 12.8. The van der Waals surface area contributed by atoms with Crippen LogP contribution in [0.1, 0.15) is 10.4 Å². The molecular formula is C20H14O2. The number of methoxy groups -OCH3 is 1. The van der Waals surface area contributed by atoms with Crippen LogP contribution < -0.4 is 4.74 Å². The van der Waals surface area contributed by atoms with E-state index in [1.807, 2.05) is 42.5 Å². The van der Waals surface area contributed by atoms with Gasteiger partial charge in [-0.15, -0.1) is 0 Å². The average Bonchev–Trinajstić information content (AvgIpc) is 2.59. The molecule has 0 aromatic heterocycles. The summed E-state index contributed by atoms with van der Waals surface area (Å²) >= 11 is 0. The largest absolute Gasteiger partial charge is 0.497 e. The van der Waals surface area contributed by atoms with E-state index < -0.39 is 0 Å². The molecule has 0 aliphatic heterocycles. The number of hydrogen-bond donors (Lipinski definition) is 0. The fourth-order valence-electron chi connectivity index (χ4n) is 3.16. The maximum Gasteiger partial charge on any atom is 0.150 e. The predicted octanol–water partition coefficient (Wildman–Crippen LogP) is 4.97. The molecule has 0 saturated heterocycles. The molecule has 0 radical (unpaired) electrons. The lowest BCUT2D eigenvalue weighted by atomic mass is 9.93. The van der Waals surface area contributed by atoms with E-state index in [0.29, 0.717) is 5.56 Å². The smallest absolute Gasteiger partial charge is 0.150 e. The SMILES string of the molecule is COc1ccc2ccc3c4ccccc4cc(C=O)c3c2c1. The minimum atomic E-state index is 0.715. The molecule has 0 amide bonds. The first-order valence-corrected chi connectivity index (χ1v) is 7.19. The Morgan fingerprint density at radius 3 is 2.45 bits per heavy atom. The molecule has 4 rings (SSSR count). The Hall–Kier alpha value is -2.87. The minimum absolute atomic E-state index is 0.715.